The van der Waals surface area contributed by atoms with Crippen molar-refractivity contribution in [3.05, 3.63) is 152 Å². The number of hydrogen-bond acceptors (Lipinski definition) is 6. The van der Waals surface area contributed by atoms with Gasteiger partial charge in [0.15, 0.2) is 17.5 Å². The fourth-order valence-electron chi connectivity index (χ4n) is 7.49. The zero-order valence-corrected chi connectivity index (χ0v) is 27.0. The van der Waals surface area contributed by atoms with E-state index in [1.54, 1.807) is 0 Å². The SMILES string of the molecule is c1ccc(-c2nc(-c3cccc4c3oc3ccccc34)nc(-c3cccc4oc5cccc(-c6cccc7c6oc6ccccc67)c5c34)n2)cc1. The van der Waals surface area contributed by atoms with Gasteiger partial charge in [0.05, 0.1) is 5.56 Å². The number of furan rings is 3. The van der Waals surface area contributed by atoms with Gasteiger partial charge in [-0.25, -0.2) is 15.0 Å². The second kappa shape index (κ2) is 10.7. The monoisotopic (exact) mass is 655 g/mol. The summed E-state index contributed by atoms with van der Waals surface area (Å²) in [6, 6.07) is 50.9. The summed E-state index contributed by atoms with van der Waals surface area (Å²) in [6.07, 6.45) is 0. The number of nitrogens with zero attached hydrogens (tertiary/aromatic N) is 3. The molecule has 0 bridgehead atoms. The molecule has 0 saturated carbocycles. The predicted molar refractivity (Wildman–Crippen MR) is 203 cm³/mol. The summed E-state index contributed by atoms with van der Waals surface area (Å²) in [5.41, 5.74) is 9.29. The Balaban J connectivity index is 1.20. The molecule has 0 saturated heterocycles. The molecule has 0 spiro atoms. The smallest absolute Gasteiger partial charge is 0.167 e. The maximum absolute atomic E-state index is 6.55. The highest BCUT2D eigenvalue weighted by Gasteiger charge is 2.23. The summed E-state index contributed by atoms with van der Waals surface area (Å²) < 4.78 is 19.5. The molecule has 0 radical (unpaired) electrons. The highest BCUT2D eigenvalue weighted by atomic mass is 16.3. The summed E-state index contributed by atoms with van der Waals surface area (Å²) in [6.45, 7) is 0. The van der Waals surface area contributed by atoms with Crippen molar-refractivity contribution in [2.24, 2.45) is 0 Å². The second-order valence-electron chi connectivity index (χ2n) is 12.7. The molecule has 0 aliphatic rings. The Morgan fingerprint density at radius 1 is 0.294 bits per heavy atom. The topological polar surface area (TPSA) is 78.1 Å². The van der Waals surface area contributed by atoms with Crippen LogP contribution in [0.2, 0.25) is 0 Å². The molecular weight excluding hydrogens is 631 g/mol. The molecule has 51 heavy (non-hydrogen) atoms. The molecule has 11 aromatic rings. The molecule has 0 aliphatic heterocycles. The van der Waals surface area contributed by atoms with Gasteiger partial charge in [-0.2, -0.15) is 0 Å². The molecular formula is C45H25N3O3. The average Bonchev–Trinajstić information content (AvgIpc) is 3.89. The van der Waals surface area contributed by atoms with Crippen molar-refractivity contribution in [1.82, 2.24) is 15.0 Å². The van der Waals surface area contributed by atoms with E-state index in [0.717, 1.165) is 93.6 Å². The first-order valence-corrected chi connectivity index (χ1v) is 16.9. The van der Waals surface area contributed by atoms with E-state index in [1.165, 1.54) is 0 Å². The fraction of sp³-hybridized carbons (Fsp3) is 0. The minimum atomic E-state index is 0.528. The summed E-state index contributed by atoms with van der Waals surface area (Å²) in [4.78, 5) is 15.4. The zero-order chi connectivity index (χ0) is 33.5. The van der Waals surface area contributed by atoms with Crippen LogP contribution in [0.15, 0.2) is 165 Å². The van der Waals surface area contributed by atoms with Crippen molar-refractivity contribution in [3.63, 3.8) is 0 Å². The van der Waals surface area contributed by atoms with Crippen molar-refractivity contribution in [1.29, 1.82) is 0 Å². The lowest BCUT2D eigenvalue weighted by atomic mass is 9.95. The van der Waals surface area contributed by atoms with Gasteiger partial charge in [-0.15, -0.1) is 0 Å². The van der Waals surface area contributed by atoms with E-state index < -0.39 is 0 Å². The Labute approximate surface area is 290 Å². The van der Waals surface area contributed by atoms with Crippen LogP contribution in [0.5, 0.6) is 0 Å². The minimum absolute atomic E-state index is 0.528. The third-order valence-electron chi connectivity index (χ3n) is 9.77. The van der Waals surface area contributed by atoms with E-state index in [0.29, 0.717) is 17.5 Å². The predicted octanol–water partition coefficient (Wildman–Crippen LogP) is 12.2. The molecule has 6 heteroatoms. The van der Waals surface area contributed by atoms with Gasteiger partial charge in [0.2, 0.25) is 0 Å². The van der Waals surface area contributed by atoms with E-state index in [9.17, 15) is 0 Å². The summed E-state index contributed by atoms with van der Waals surface area (Å²) in [7, 11) is 0. The standard InChI is InChI=1S/C45H25N3O3/c1-2-12-26(13-3-1)43-46-44(48-45(47-43)34-21-9-18-31-28-15-5-7-23-36(28)51-42(31)34)33-20-11-25-38-40(33)39-29(16-10-24-37(39)49-38)32-19-8-17-30-27-14-4-6-22-35(27)50-41(30)32/h1-25H. The van der Waals surface area contributed by atoms with Crippen molar-refractivity contribution in [2.45, 2.75) is 0 Å². The van der Waals surface area contributed by atoms with Crippen LogP contribution in [0.4, 0.5) is 0 Å². The van der Waals surface area contributed by atoms with Crippen LogP contribution in [0.1, 0.15) is 0 Å². The molecule has 11 rings (SSSR count). The third kappa shape index (κ3) is 4.20. The summed E-state index contributed by atoms with van der Waals surface area (Å²) >= 11 is 0. The summed E-state index contributed by atoms with van der Waals surface area (Å²) in [5.74, 6) is 1.64. The first-order chi connectivity index (χ1) is 25.3. The normalized spacial score (nSPS) is 11.9. The van der Waals surface area contributed by atoms with Crippen molar-refractivity contribution < 1.29 is 13.3 Å². The van der Waals surface area contributed by atoms with Crippen LogP contribution in [-0.4, -0.2) is 15.0 Å². The van der Waals surface area contributed by atoms with Gasteiger partial charge in [-0.1, -0.05) is 121 Å². The quantitative estimate of drug-likeness (QED) is 0.188. The first-order valence-electron chi connectivity index (χ1n) is 16.9. The lowest BCUT2D eigenvalue weighted by molar-refractivity contribution is 0.668. The van der Waals surface area contributed by atoms with E-state index in [4.69, 9.17) is 28.2 Å². The van der Waals surface area contributed by atoms with Gasteiger partial charge in [-0.05, 0) is 35.9 Å². The van der Waals surface area contributed by atoms with Gasteiger partial charge in [-0.3, -0.25) is 0 Å². The van der Waals surface area contributed by atoms with Crippen LogP contribution >= 0.6 is 0 Å². The maximum atomic E-state index is 6.55. The van der Waals surface area contributed by atoms with E-state index in [1.807, 2.05) is 103 Å². The number of benzene rings is 7. The number of hydrogen-bond donors (Lipinski definition) is 0. The van der Waals surface area contributed by atoms with Crippen LogP contribution in [0.25, 0.3) is 111 Å². The van der Waals surface area contributed by atoms with E-state index >= 15 is 0 Å². The molecule has 0 fully saturated rings. The average molecular weight is 656 g/mol. The van der Waals surface area contributed by atoms with Gasteiger partial charge in [0.25, 0.3) is 0 Å². The highest BCUT2D eigenvalue weighted by Crippen LogP contribution is 2.44. The van der Waals surface area contributed by atoms with Crippen LogP contribution in [0, 0.1) is 0 Å². The van der Waals surface area contributed by atoms with E-state index in [2.05, 4.69) is 48.5 Å². The van der Waals surface area contributed by atoms with Crippen LogP contribution in [0.3, 0.4) is 0 Å². The van der Waals surface area contributed by atoms with Gasteiger partial charge in [0.1, 0.15) is 33.5 Å². The molecule has 0 atom stereocenters. The molecule has 7 aromatic carbocycles. The van der Waals surface area contributed by atoms with Crippen molar-refractivity contribution >= 4 is 65.8 Å². The highest BCUT2D eigenvalue weighted by molar-refractivity contribution is 6.20. The Morgan fingerprint density at radius 3 is 1.43 bits per heavy atom. The maximum Gasteiger partial charge on any atom is 0.167 e. The number of para-hydroxylation sites is 4. The second-order valence-corrected chi connectivity index (χ2v) is 12.7. The lowest BCUT2D eigenvalue weighted by Crippen LogP contribution is -2.00. The van der Waals surface area contributed by atoms with Gasteiger partial charge < -0.3 is 13.3 Å². The molecule has 0 N–H and O–H groups in total. The third-order valence-corrected chi connectivity index (χ3v) is 9.77. The van der Waals surface area contributed by atoms with Gasteiger partial charge >= 0.3 is 0 Å². The Morgan fingerprint density at radius 2 is 0.745 bits per heavy atom. The van der Waals surface area contributed by atoms with E-state index in [-0.39, 0.29) is 0 Å². The first kappa shape index (κ1) is 27.9. The summed E-state index contributed by atoms with van der Waals surface area (Å²) in [5, 5.41) is 6.12. The molecule has 4 aromatic heterocycles. The minimum Gasteiger partial charge on any atom is -0.456 e. The number of rotatable bonds is 4. The number of fused-ring (bicyclic) bond motifs is 9. The van der Waals surface area contributed by atoms with Crippen molar-refractivity contribution in [3.8, 4) is 45.3 Å². The lowest BCUT2D eigenvalue weighted by Gasteiger charge is -2.10. The molecule has 0 aliphatic carbocycles. The Bertz CT molecular complexity index is 3150. The largest absolute Gasteiger partial charge is 0.456 e. The van der Waals surface area contributed by atoms with Crippen LogP contribution < -0.4 is 0 Å². The zero-order valence-electron chi connectivity index (χ0n) is 27.0. The molecule has 6 nitrogen and oxygen atoms in total. The molecule has 4 heterocycles. The number of aromatic nitrogens is 3. The van der Waals surface area contributed by atoms with Crippen LogP contribution in [-0.2, 0) is 0 Å². The fourth-order valence-corrected chi connectivity index (χ4v) is 7.49. The van der Waals surface area contributed by atoms with Crippen molar-refractivity contribution in [2.75, 3.05) is 0 Å². The Hall–Kier alpha value is -7.05. The Kier molecular flexibility index (Phi) is 5.86. The van der Waals surface area contributed by atoms with Gasteiger partial charge in [0, 0.05) is 49.0 Å². The molecule has 0 amide bonds. The molecule has 238 valence electrons. The molecule has 0 unspecified atom stereocenters.